The summed E-state index contributed by atoms with van der Waals surface area (Å²) in [4.78, 5) is 7.76. The second-order valence-corrected chi connectivity index (χ2v) is 12.6. The smallest absolute Gasteiger partial charge is 0.440 e. The zero-order valence-electron chi connectivity index (χ0n) is 24.6. The number of oxazole rings is 1. The Morgan fingerprint density at radius 3 is 2.30 bits per heavy atom. The molecule has 5 aromatic rings. The van der Waals surface area contributed by atoms with Crippen LogP contribution >= 0.6 is 0 Å². The minimum Gasteiger partial charge on any atom is -0.440 e. The standard InChI is InChI=1S/C31H23F6N3O6S/c1-4-27-39-28(29(44-27)17-6-8-23-24(11-17)46-31(36,37)45-23)19-9-16(18-10-21(32)20(14-41)25(12-18)47(3,42)43)5-7-22(19)40-13-26(30(33,34)35)38-15(40)2/h5-13,41H,4,14H2,1-3H3. The Hall–Kier alpha value is -4.83. The van der Waals surface area contributed by atoms with Crippen molar-refractivity contribution in [3.8, 4) is 50.9 Å². The van der Waals surface area contributed by atoms with Gasteiger partial charge < -0.3 is 23.6 Å². The molecule has 9 nitrogen and oxygen atoms in total. The summed E-state index contributed by atoms with van der Waals surface area (Å²) < 4.78 is 125. The van der Waals surface area contributed by atoms with Crippen LogP contribution in [0, 0.1) is 12.7 Å². The van der Waals surface area contributed by atoms with Crippen molar-refractivity contribution in [1.82, 2.24) is 14.5 Å². The van der Waals surface area contributed by atoms with Gasteiger partial charge in [-0.05, 0) is 60.5 Å². The SMILES string of the molecule is CCc1nc(-c2cc(-c3cc(F)c(CO)c(S(C)(=O)=O)c3)ccc2-n2cc(C(F)(F)F)nc2C)c(-c2ccc3c(c2)OC(F)(F)O3)o1. The van der Waals surface area contributed by atoms with E-state index in [0.717, 1.165) is 18.5 Å². The van der Waals surface area contributed by atoms with E-state index in [-0.39, 0.29) is 69.0 Å². The number of sulfone groups is 1. The minimum atomic E-state index is -4.77. The van der Waals surface area contributed by atoms with E-state index in [1.54, 1.807) is 6.92 Å². The van der Waals surface area contributed by atoms with E-state index >= 15 is 4.39 Å². The predicted octanol–water partition coefficient (Wildman–Crippen LogP) is 7.11. The van der Waals surface area contributed by atoms with Gasteiger partial charge in [0.15, 0.2) is 38.7 Å². The maximum atomic E-state index is 15.1. The van der Waals surface area contributed by atoms with Gasteiger partial charge in [-0.25, -0.2) is 22.8 Å². The van der Waals surface area contributed by atoms with E-state index in [9.17, 15) is 35.5 Å². The van der Waals surface area contributed by atoms with E-state index in [4.69, 9.17) is 4.42 Å². The number of ether oxygens (including phenoxy) is 2. The van der Waals surface area contributed by atoms with Crippen LogP contribution in [-0.2, 0) is 29.0 Å². The molecule has 1 aliphatic heterocycles. The highest BCUT2D eigenvalue weighted by atomic mass is 32.2. The molecule has 2 aromatic heterocycles. The van der Waals surface area contributed by atoms with Crippen LogP contribution in [0.5, 0.6) is 11.5 Å². The van der Waals surface area contributed by atoms with Crippen molar-refractivity contribution in [2.24, 2.45) is 0 Å². The highest BCUT2D eigenvalue weighted by Gasteiger charge is 2.43. The molecule has 47 heavy (non-hydrogen) atoms. The van der Waals surface area contributed by atoms with Crippen molar-refractivity contribution in [3.63, 3.8) is 0 Å². The number of fused-ring (bicyclic) bond motifs is 1. The van der Waals surface area contributed by atoms with Crippen molar-refractivity contribution in [3.05, 3.63) is 83.5 Å². The molecule has 0 fully saturated rings. The summed E-state index contributed by atoms with van der Waals surface area (Å²) in [6.07, 6.45) is -6.77. The summed E-state index contributed by atoms with van der Waals surface area (Å²) in [5, 5.41) is 9.65. The third kappa shape index (κ3) is 5.93. The van der Waals surface area contributed by atoms with Crippen molar-refractivity contribution >= 4 is 9.84 Å². The molecular weight excluding hydrogens is 656 g/mol. The number of aliphatic hydroxyl groups is 1. The Morgan fingerprint density at radius 2 is 1.66 bits per heavy atom. The van der Waals surface area contributed by atoms with Crippen LogP contribution in [0.2, 0.25) is 0 Å². The predicted molar refractivity (Wildman–Crippen MR) is 154 cm³/mol. The Morgan fingerprint density at radius 1 is 0.957 bits per heavy atom. The molecular formula is C31H23F6N3O6S. The fourth-order valence-corrected chi connectivity index (χ4v) is 6.17. The molecule has 0 spiro atoms. The molecule has 246 valence electrons. The first-order chi connectivity index (χ1) is 22.0. The molecule has 0 amide bonds. The Kier molecular flexibility index (Phi) is 7.62. The number of nitrogens with zero attached hydrogens (tertiary/aromatic N) is 3. The lowest BCUT2D eigenvalue weighted by Crippen LogP contribution is -2.25. The molecule has 0 atom stereocenters. The van der Waals surface area contributed by atoms with E-state index < -0.39 is 50.9 Å². The summed E-state index contributed by atoms with van der Waals surface area (Å²) in [7, 11) is -4.01. The third-order valence-corrected chi connectivity index (χ3v) is 8.53. The number of imidazole rings is 1. The van der Waals surface area contributed by atoms with E-state index in [0.29, 0.717) is 0 Å². The largest absolute Gasteiger partial charge is 0.586 e. The van der Waals surface area contributed by atoms with E-state index in [2.05, 4.69) is 19.4 Å². The molecule has 0 saturated heterocycles. The second kappa shape index (κ2) is 11.2. The van der Waals surface area contributed by atoms with Gasteiger partial charge >= 0.3 is 12.5 Å². The van der Waals surface area contributed by atoms with Gasteiger partial charge in [-0.3, -0.25) is 0 Å². The average molecular weight is 680 g/mol. The van der Waals surface area contributed by atoms with Gasteiger partial charge in [-0.1, -0.05) is 13.0 Å². The van der Waals surface area contributed by atoms with Crippen molar-refractivity contribution in [2.75, 3.05) is 6.26 Å². The first-order valence-electron chi connectivity index (χ1n) is 13.8. The van der Waals surface area contributed by atoms with Crippen LogP contribution in [-0.4, -0.2) is 40.6 Å². The zero-order valence-corrected chi connectivity index (χ0v) is 25.4. The molecule has 0 bridgehead atoms. The lowest BCUT2D eigenvalue weighted by Gasteiger charge is -2.15. The number of hydrogen-bond donors (Lipinski definition) is 1. The summed E-state index contributed by atoms with van der Waals surface area (Å²) in [6.45, 7) is 2.20. The van der Waals surface area contributed by atoms with E-state index in [1.165, 1.54) is 54.0 Å². The van der Waals surface area contributed by atoms with Crippen LogP contribution in [0.4, 0.5) is 26.3 Å². The van der Waals surface area contributed by atoms with Crippen LogP contribution in [0.25, 0.3) is 39.4 Å². The number of aromatic nitrogens is 3. The number of aliphatic hydroxyl groups excluding tert-OH is 1. The number of hydrogen-bond acceptors (Lipinski definition) is 8. The van der Waals surface area contributed by atoms with Gasteiger partial charge in [0.1, 0.15) is 17.3 Å². The molecule has 0 saturated carbocycles. The number of aryl methyl sites for hydroxylation is 2. The number of alkyl halides is 5. The molecule has 16 heteroatoms. The van der Waals surface area contributed by atoms with E-state index in [1.807, 2.05) is 0 Å². The van der Waals surface area contributed by atoms with Crippen LogP contribution in [0.1, 0.15) is 29.9 Å². The Labute approximate surface area is 263 Å². The first-order valence-corrected chi connectivity index (χ1v) is 15.7. The topological polar surface area (TPSA) is 117 Å². The Bertz CT molecular complexity index is 2160. The second-order valence-electron chi connectivity index (χ2n) is 10.6. The molecule has 3 heterocycles. The summed E-state index contributed by atoms with van der Waals surface area (Å²) >= 11 is 0. The summed E-state index contributed by atoms with van der Waals surface area (Å²) in [5.74, 6) is -1.35. The quantitative estimate of drug-likeness (QED) is 0.181. The third-order valence-electron chi connectivity index (χ3n) is 7.37. The number of benzene rings is 3. The van der Waals surface area contributed by atoms with Crippen LogP contribution in [0.15, 0.2) is 64.0 Å². The maximum absolute atomic E-state index is 15.1. The van der Waals surface area contributed by atoms with Gasteiger partial charge in [0, 0.05) is 35.6 Å². The maximum Gasteiger partial charge on any atom is 0.586 e. The highest BCUT2D eigenvalue weighted by molar-refractivity contribution is 7.90. The fraction of sp³-hybridized carbons (Fsp3) is 0.226. The van der Waals surface area contributed by atoms with Gasteiger partial charge in [0.25, 0.3) is 0 Å². The molecule has 3 aromatic carbocycles. The van der Waals surface area contributed by atoms with Gasteiger partial charge in [0.05, 0.1) is 17.2 Å². The molecule has 0 radical (unpaired) electrons. The van der Waals surface area contributed by atoms with Crippen LogP contribution in [0.3, 0.4) is 0 Å². The summed E-state index contributed by atoms with van der Waals surface area (Å²) in [6, 6.07) is 10.4. The molecule has 1 aliphatic rings. The van der Waals surface area contributed by atoms with Crippen molar-refractivity contribution in [1.29, 1.82) is 0 Å². The fourth-order valence-electron chi connectivity index (χ4n) is 5.21. The first kappa shape index (κ1) is 32.1. The van der Waals surface area contributed by atoms with Crippen molar-refractivity contribution in [2.45, 2.75) is 44.2 Å². The lowest BCUT2D eigenvalue weighted by atomic mass is 9.97. The number of rotatable bonds is 7. The zero-order chi connectivity index (χ0) is 34.1. The molecule has 6 rings (SSSR count). The number of halogens is 6. The highest BCUT2D eigenvalue weighted by Crippen LogP contribution is 2.46. The van der Waals surface area contributed by atoms with Gasteiger partial charge in [0.2, 0.25) is 0 Å². The van der Waals surface area contributed by atoms with Gasteiger partial charge in [-0.15, -0.1) is 8.78 Å². The molecule has 1 N–H and O–H groups in total. The molecule has 0 unspecified atom stereocenters. The minimum absolute atomic E-state index is 0.0364. The van der Waals surface area contributed by atoms with Gasteiger partial charge in [-0.2, -0.15) is 13.2 Å². The average Bonchev–Trinajstić information content (AvgIpc) is 3.68. The monoisotopic (exact) mass is 679 g/mol. The lowest BCUT2D eigenvalue weighted by molar-refractivity contribution is -0.286. The summed E-state index contributed by atoms with van der Waals surface area (Å²) in [5.41, 5.74) is -0.750. The molecule has 0 aliphatic carbocycles. The van der Waals surface area contributed by atoms with Crippen LogP contribution < -0.4 is 9.47 Å². The Balaban J connectivity index is 1.61. The van der Waals surface area contributed by atoms with Crippen molar-refractivity contribution < 1.29 is 53.8 Å². The normalized spacial score (nSPS) is 14.2.